The van der Waals surface area contributed by atoms with E-state index in [1.807, 2.05) is 6.92 Å². The molecular weight excluding hydrogens is 343 g/mol. The van der Waals surface area contributed by atoms with Crippen molar-refractivity contribution in [3.8, 4) is 0 Å². The maximum absolute atomic E-state index is 13.1. The molecule has 0 fully saturated rings. The number of pyridine rings is 1. The smallest absolute Gasteiger partial charge is 0.258 e. The van der Waals surface area contributed by atoms with Gasteiger partial charge < -0.3 is 4.90 Å². The fourth-order valence-corrected chi connectivity index (χ4v) is 3.27. The second-order valence-corrected chi connectivity index (χ2v) is 7.00. The summed E-state index contributed by atoms with van der Waals surface area (Å²) in [5, 5.41) is 1.04. The van der Waals surface area contributed by atoms with Gasteiger partial charge in [0.05, 0.1) is 0 Å². The van der Waals surface area contributed by atoms with Crippen LogP contribution in [0.15, 0.2) is 36.7 Å². The number of nitrogens with zero attached hydrogens (tertiary/aromatic N) is 2. The van der Waals surface area contributed by atoms with E-state index >= 15 is 0 Å². The summed E-state index contributed by atoms with van der Waals surface area (Å²) < 4.78 is 0. The molecule has 1 atom stereocenters. The van der Waals surface area contributed by atoms with Crippen LogP contribution in [0.4, 0.5) is 5.69 Å². The van der Waals surface area contributed by atoms with Crippen molar-refractivity contribution in [3.05, 3.63) is 57.8 Å². The lowest BCUT2D eigenvalue weighted by Crippen LogP contribution is -2.35. The minimum Gasteiger partial charge on any atom is -0.308 e. The second kappa shape index (κ2) is 8.50. The zero-order valence-corrected chi connectivity index (χ0v) is 15.7. The van der Waals surface area contributed by atoms with Gasteiger partial charge in [-0.3, -0.25) is 9.78 Å². The molecule has 24 heavy (non-hydrogen) atoms. The van der Waals surface area contributed by atoms with Gasteiger partial charge in [-0.2, -0.15) is 0 Å². The monoisotopic (exact) mass is 364 g/mol. The Morgan fingerprint density at radius 2 is 1.92 bits per heavy atom. The number of hydrogen-bond donors (Lipinski definition) is 0. The molecule has 2 aromatic rings. The maximum Gasteiger partial charge on any atom is 0.258 e. The Kier molecular flexibility index (Phi) is 6.64. The lowest BCUT2D eigenvalue weighted by Gasteiger charge is -2.27. The average Bonchev–Trinajstić information content (AvgIpc) is 2.52. The minimum absolute atomic E-state index is 0.0591. The second-order valence-electron chi connectivity index (χ2n) is 6.13. The van der Waals surface area contributed by atoms with Crippen molar-refractivity contribution in [2.24, 2.45) is 5.92 Å². The number of benzene rings is 1. The molecule has 1 aromatic carbocycles. The van der Waals surface area contributed by atoms with Gasteiger partial charge in [-0.15, -0.1) is 0 Å². The molecule has 0 radical (unpaired) electrons. The highest BCUT2D eigenvalue weighted by molar-refractivity contribution is 6.35. The molecule has 128 valence electrons. The van der Waals surface area contributed by atoms with Crippen LogP contribution < -0.4 is 4.90 Å². The molecule has 0 N–H and O–H groups in total. The highest BCUT2D eigenvalue weighted by Gasteiger charge is 2.22. The lowest BCUT2D eigenvalue weighted by molar-refractivity contribution is 0.0982. The highest BCUT2D eigenvalue weighted by Crippen LogP contribution is 2.28. The summed E-state index contributed by atoms with van der Waals surface area (Å²) in [6, 6.07) is 6.98. The third kappa shape index (κ3) is 4.71. The molecular formula is C19H22Cl2N2O. The van der Waals surface area contributed by atoms with Crippen molar-refractivity contribution in [1.82, 2.24) is 4.98 Å². The number of amides is 1. The van der Waals surface area contributed by atoms with Gasteiger partial charge in [0, 0.05) is 40.2 Å². The number of anilines is 1. The third-order valence-electron chi connectivity index (χ3n) is 3.93. The summed E-state index contributed by atoms with van der Waals surface area (Å²) >= 11 is 12.3. The standard InChI is InChI=1S/C19H22Cl2N2O/c1-4-5-13(2)12-23(17-9-15(20)8-16(21)10-17)19(24)18-6-7-22-11-14(18)3/h6-11,13H,4-5,12H2,1-3H3. The van der Waals surface area contributed by atoms with Crippen LogP contribution in [-0.2, 0) is 0 Å². The van der Waals surface area contributed by atoms with Gasteiger partial charge in [-0.1, -0.05) is 43.5 Å². The normalized spacial score (nSPS) is 12.0. The van der Waals surface area contributed by atoms with Crippen molar-refractivity contribution in [1.29, 1.82) is 0 Å². The van der Waals surface area contributed by atoms with Crippen molar-refractivity contribution in [2.45, 2.75) is 33.6 Å². The first kappa shape index (κ1) is 18.8. The molecule has 0 bridgehead atoms. The summed E-state index contributed by atoms with van der Waals surface area (Å²) in [7, 11) is 0. The molecule has 0 aliphatic rings. The van der Waals surface area contributed by atoms with Crippen LogP contribution in [0.2, 0.25) is 10.0 Å². The molecule has 0 spiro atoms. The van der Waals surface area contributed by atoms with Crippen molar-refractivity contribution < 1.29 is 4.79 Å². The Balaban J connectivity index is 2.42. The third-order valence-corrected chi connectivity index (χ3v) is 4.37. The van der Waals surface area contributed by atoms with E-state index in [2.05, 4.69) is 18.8 Å². The number of hydrogen-bond acceptors (Lipinski definition) is 2. The zero-order chi connectivity index (χ0) is 17.7. The van der Waals surface area contributed by atoms with Crippen molar-refractivity contribution >= 4 is 34.8 Å². The van der Waals surface area contributed by atoms with E-state index in [0.717, 1.165) is 24.1 Å². The Morgan fingerprint density at radius 1 is 1.25 bits per heavy atom. The van der Waals surface area contributed by atoms with E-state index in [9.17, 15) is 4.79 Å². The van der Waals surface area contributed by atoms with E-state index in [1.165, 1.54) is 0 Å². The van der Waals surface area contributed by atoms with Gasteiger partial charge in [0.2, 0.25) is 0 Å². The number of rotatable bonds is 6. The highest BCUT2D eigenvalue weighted by atomic mass is 35.5. The maximum atomic E-state index is 13.1. The number of halogens is 2. The number of carbonyl (C=O) groups excluding carboxylic acids is 1. The van der Waals surface area contributed by atoms with Gasteiger partial charge in [-0.05, 0) is 49.1 Å². The first-order valence-corrected chi connectivity index (χ1v) is 8.86. The molecule has 1 aromatic heterocycles. The minimum atomic E-state index is -0.0591. The summed E-state index contributed by atoms with van der Waals surface area (Å²) in [4.78, 5) is 19.0. The van der Waals surface area contributed by atoms with E-state index in [-0.39, 0.29) is 5.91 Å². The van der Waals surface area contributed by atoms with E-state index in [0.29, 0.717) is 28.1 Å². The SMILES string of the molecule is CCCC(C)CN(C(=O)c1ccncc1C)c1cc(Cl)cc(Cl)c1. The van der Waals surface area contributed by atoms with Gasteiger partial charge in [0.25, 0.3) is 5.91 Å². The molecule has 0 aliphatic carbocycles. The van der Waals surface area contributed by atoms with Crippen molar-refractivity contribution in [2.75, 3.05) is 11.4 Å². The van der Waals surface area contributed by atoms with Gasteiger partial charge >= 0.3 is 0 Å². The topological polar surface area (TPSA) is 33.2 Å². The first-order chi connectivity index (χ1) is 11.4. The molecule has 1 heterocycles. The molecule has 5 heteroatoms. The van der Waals surface area contributed by atoms with Gasteiger partial charge in [0.1, 0.15) is 0 Å². The van der Waals surface area contributed by atoms with E-state index in [1.54, 1.807) is 41.6 Å². The van der Waals surface area contributed by atoms with Crippen molar-refractivity contribution in [3.63, 3.8) is 0 Å². The Labute approximate surface area is 153 Å². The lowest BCUT2D eigenvalue weighted by atomic mass is 10.0. The zero-order valence-electron chi connectivity index (χ0n) is 14.2. The van der Waals surface area contributed by atoms with Gasteiger partial charge in [0.15, 0.2) is 0 Å². The van der Waals surface area contributed by atoms with Crippen LogP contribution in [0.3, 0.4) is 0 Å². The van der Waals surface area contributed by atoms with E-state index < -0.39 is 0 Å². The fourth-order valence-electron chi connectivity index (χ4n) is 2.76. The molecule has 1 unspecified atom stereocenters. The van der Waals surface area contributed by atoms with Crippen LogP contribution in [0, 0.1) is 12.8 Å². The fraction of sp³-hybridized carbons (Fsp3) is 0.368. The molecule has 0 aliphatic heterocycles. The quantitative estimate of drug-likeness (QED) is 0.650. The van der Waals surface area contributed by atoms with Gasteiger partial charge in [-0.25, -0.2) is 0 Å². The number of carbonyl (C=O) groups is 1. The van der Waals surface area contributed by atoms with Crippen LogP contribution in [0.5, 0.6) is 0 Å². The Morgan fingerprint density at radius 3 is 2.50 bits per heavy atom. The molecule has 0 saturated carbocycles. The predicted octanol–water partition coefficient (Wildman–Crippen LogP) is 5.78. The summed E-state index contributed by atoms with van der Waals surface area (Å²) in [6.45, 7) is 6.80. The van der Waals surface area contributed by atoms with Crippen LogP contribution in [0.1, 0.15) is 42.6 Å². The summed E-state index contributed by atoms with van der Waals surface area (Å²) in [6.07, 6.45) is 5.46. The van der Waals surface area contributed by atoms with Crippen LogP contribution in [-0.4, -0.2) is 17.4 Å². The number of aromatic nitrogens is 1. The molecule has 3 nitrogen and oxygen atoms in total. The average molecular weight is 365 g/mol. The largest absolute Gasteiger partial charge is 0.308 e. The van der Waals surface area contributed by atoms with Crippen LogP contribution >= 0.6 is 23.2 Å². The first-order valence-electron chi connectivity index (χ1n) is 8.11. The summed E-state index contributed by atoms with van der Waals surface area (Å²) in [5.41, 5.74) is 2.21. The Bertz CT molecular complexity index is 698. The Hall–Kier alpha value is -1.58. The summed E-state index contributed by atoms with van der Waals surface area (Å²) in [5.74, 6) is 0.315. The van der Waals surface area contributed by atoms with Crippen LogP contribution in [0.25, 0.3) is 0 Å². The number of aryl methyl sites for hydroxylation is 1. The molecule has 1 amide bonds. The molecule has 0 saturated heterocycles. The van der Waals surface area contributed by atoms with E-state index in [4.69, 9.17) is 23.2 Å². The predicted molar refractivity (Wildman–Crippen MR) is 101 cm³/mol. The molecule has 2 rings (SSSR count).